The van der Waals surface area contributed by atoms with Crippen molar-refractivity contribution in [1.29, 1.82) is 0 Å². The number of rotatable bonds is 49. The van der Waals surface area contributed by atoms with Crippen LogP contribution in [0.2, 0.25) is 0 Å². The Labute approximate surface area is 413 Å². The van der Waals surface area contributed by atoms with E-state index in [2.05, 4.69) is 106 Å². The van der Waals surface area contributed by atoms with Crippen molar-refractivity contribution in [3.05, 3.63) is 97.2 Å². The van der Waals surface area contributed by atoms with Crippen LogP contribution < -0.4 is 0 Å². The minimum absolute atomic E-state index is 0.108. The maximum Gasteiger partial charge on any atom is 0.306 e. The van der Waals surface area contributed by atoms with Gasteiger partial charge >= 0.3 is 17.9 Å². The normalized spacial score (nSPS) is 12.8. The fraction of sp³-hybridized carbons (Fsp3) is 0.689. The van der Waals surface area contributed by atoms with E-state index in [0.29, 0.717) is 19.3 Å². The molecule has 67 heavy (non-hydrogen) atoms. The third kappa shape index (κ3) is 53.2. The fourth-order valence-corrected chi connectivity index (χ4v) is 7.40. The van der Waals surface area contributed by atoms with Crippen molar-refractivity contribution >= 4 is 17.9 Å². The molecule has 382 valence electrons. The van der Waals surface area contributed by atoms with Gasteiger partial charge in [-0.3, -0.25) is 14.4 Å². The van der Waals surface area contributed by atoms with E-state index in [1.165, 1.54) is 109 Å². The number of unbranched alkanes of at least 4 members (excludes halogenated alkanes) is 22. The van der Waals surface area contributed by atoms with Gasteiger partial charge in [-0.25, -0.2) is 0 Å². The van der Waals surface area contributed by atoms with Crippen molar-refractivity contribution in [3.63, 3.8) is 0 Å². The van der Waals surface area contributed by atoms with Gasteiger partial charge in [0, 0.05) is 19.3 Å². The molecule has 0 aromatic heterocycles. The van der Waals surface area contributed by atoms with Gasteiger partial charge in [0.2, 0.25) is 0 Å². The van der Waals surface area contributed by atoms with Crippen LogP contribution in [0.4, 0.5) is 0 Å². The van der Waals surface area contributed by atoms with E-state index in [1.54, 1.807) is 0 Å². The topological polar surface area (TPSA) is 78.9 Å². The molecule has 0 rings (SSSR count). The largest absolute Gasteiger partial charge is 0.462 e. The summed E-state index contributed by atoms with van der Waals surface area (Å²) in [6.45, 7) is 6.41. The average molecular weight is 931 g/mol. The first kappa shape index (κ1) is 63.3. The van der Waals surface area contributed by atoms with Crippen LogP contribution in [-0.2, 0) is 28.6 Å². The molecule has 0 aromatic carbocycles. The summed E-state index contributed by atoms with van der Waals surface area (Å²) in [6, 6.07) is 0. The first-order valence-electron chi connectivity index (χ1n) is 27.7. The van der Waals surface area contributed by atoms with Gasteiger partial charge in [0.1, 0.15) is 13.2 Å². The monoisotopic (exact) mass is 931 g/mol. The highest BCUT2D eigenvalue weighted by molar-refractivity contribution is 5.71. The average Bonchev–Trinajstić information content (AvgIpc) is 3.33. The Morgan fingerprint density at radius 1 is 0.313 bits per heavy atom. The predicted octanol–water partition coefficient (Wildman–Crippen LogP) is 18.5. The molecule has 0 aliphatic heterocycles. The maximum absolute atomic E-state index is 12.8. The molecule has 0 spiro atoms. The molecule has 0 amide bonds. The number of carbonyl (C=O) groups excluding carboxylic acids is 3. The molecule has 1 atom stereocenters. The molecule has 1 unspecified atom stereocenters. The van der Waals surface area contributed by atoms with Crippen LogP contribution in [0.25, 0.3) is 0 Å². The van der Waals surface area contributed by atoms with Crippen molar-refractivity contribution in [2.24, 2.45) is 0 Å². The lowest BCUT2D eigenvalue weighted by Gasteiger charge is -2.18. The van der Waals surface area contributed by atoms with Crippen molar-refractivity contribution in [2.75, 3.05) is 13.2 Å². The number of allylic oxidation sites excluding steroid dienone is 16. The Kier molecular flexibility index (Phi) is 51.9. The van der Waals surface area contributed by atoms with Gasteiger partial charge < -0.3 is 14.2 Å². The van der Waals surface area contributed by atoms with Gasteiger partial charge in [0.05, 0.1) is 0 Å². The number of carbonyl (C=O) groups is 3. The molecule has 6 nitrogen and oxygen atoms in total. The molecule has 0 saturated heterocycles. The van der Waals surface area contributed by atoms with Crippen LogP contribution in [0.15, 0.2) is 97.2 Å². The summed E-state index contributed by atoms with van der Waals surface area (Å²) in [6.07, 6.45) is 72.7. The molecular weight excluding hydrogens is 829 g/mol. The summed E-state index contributed by atoms with van der Waals surface area (Å²) < 4.78 is 16.7. The number of hydrogen-bond donors (Lipinski definition) is 0. The van der Waals surface area contributed by atoms with Gasteiger partial charge in [-0.15, -0.1) is 0 Å². The Balaban J connectivity index is 4.43. The summed E-state index contributed by atoms with van der Waals surface area (Å²) in [5, 5.41) is 0. The fourth-order valence-electron chi connectivity index (χ4n) is 7.40. The minimum atomic E-state index is -0.816. The van der Waals surface area contributed by atoms with E-state index in [9.17, 15) is 14.4 Å². The zero-order chi connectivity index (χ0) is 48.6. The highest BCUT2D eigenvalue weighted by Crippen LogP contribution is 2.14. The molecule has 0 aromatic rings. The standard InChI is InChI=1S/C61H102O6/c1-4-7-10-13-16-19-22-25-27-28-29-30-31-32-34-36-39-42-45-48-51-54-60(63)66-57-58(56-65-59(62)53-50-47-44-41-38-35-24-21-18-15-12-9-6-3)67-61(64)55-52-49-46-43-40-37-33-26-23-20-17-14-11-8-5-2/h9,12,17-18,20-22,25-26,28-29,33,35,38,44,47,58H,4-8,10-11,13-16,19,23-24,27,30-32,34,36-37,39-43,45-46,48-57H2,1-3H3/b12-9-,20-17-,21-18-,25-22-,29-28-,33-26-,38-35-,47-44-. The van der Waals surface area contributed by atoms with E-state index < -0.39 is 6.10 Å². The highest BCUT2D eigenvalue weighted by atomic mass is 16.6. The minimum Gasteiger partial charge on any atom is -0.462 e. The summed E-state index contributed by atoms with van der Waals surface area (Å²) >= 11 is 0. The Morgan fingerprint density at radius 3 is 1.03 bits per heavy atom. The van der Waals surface area contributed by atoms with Gasteiger partial charge in [-0.1, -0.05) is 221 Å². The van der Waals surface area contributed by atoms with Crippen LogP contribution >= 0.6 is 0 Å². The van der Waals surface area contributed by atoms with Crippen molar-refractivity contribution in [2.45, 2.75) is 258 Å². The van der Waals surface area contributed by atoms with Crippen LogP contribution in [0.5, 0.6) is 0 Å². The smallest absolute Gasteiger partial charge is 0.306 e. The van der Waals surface area contributed by atoms with Crippen LogP contribution in [0.1, 0.15) is 252 Å². The highest BCUT2D eigenvalue weighted by Gasteiger charge is 2.19. The molecular formula is C61H102O6. The summed E-state index contributed by atoms with van der Waals surface area (Å²) in [4.78, 5) is 38.0. The van der Waals surface area contributed by atoms with Crippen LogP contribution in [0, 0.1) is 0 Å². The lowest BCUT2D eigenvalue weighted by atomic mass is 10.1. The van der Waals surface area contributed by atoms with Crippen molar-refractivity contribution < 1.29 is 28.6 Å². The molecule has 0 N–H and O–H groups in total. The summed E-state index contributed by atoms with van der Waals surface area (Å²) in [5.41, 5.74) is 0. The first-order valence-corrected chi connectivity index (χ1v) is 27.7. The second-order valence-electron chi connectivity index (χ2n) is 18.1. The zero-order valence-electron chi connectivity index (χ0n) is 43.6. The Bertz CT molecular complexity index is 1350. The molecule has 0 aliphatic carbocycles. The lowest BCUT2D eigenvalue weighted by Crippen LogP contribution is -2.30. The number of hydrogen-bond acceptors (Lipinski definition) is 6. The Hall–Kier alpha value is -3.67. The summed E-state index contributed by atoms with van der Waals surface area (Å²) in [7, 11) is 0. The van der Waals surface area contributed by atoms with Crippen LogP contribution in [-0.4, -0.2) is 37.2 Å². The second-order valence-corrected chi connectivity index (χ2v) is 18.1. The zero-order valence-corrected chi connectivity index (χ0v) is 43.6. The molecule has 6 heteroatoms. The third-order valence-electron chi connectivity index (χ3n) is 11.6. The van der Waals surface area contributed by atoms with Crippen molar-refractivity contribution in [1.82, 2.24) is 0 Å². The molecule has 0 heterocycles. The van der Waals surface area contributed by atoms with E-state index in [-0.39, 0.29) is 37.5 Å². The van der Waals surface area contributed by atoms with Crippen LogP contribution in [0.3, 0.4) is 0 Å². The second kappa shape index (κ2) is 54.9. The van der Waals surface area contributed by atoms with Crippen molar-refractivity contribution in [3.8, 4) is 0 Å². The van der Waals surface area contributed by atoms with Gasteiger partial charge in [-0.05, 0) is 109 Å². The van der Waals surface area contributed by atoms with Gasteiger partial charge in [0.15, 0.2) is 6.10 Å². The molecule has 0 aliphatic rings. The SMILES string of the molecule is CC/C=C\C/C=C\C/C=C\C/C=C\CCC(=O)OCC(COC(=O)CCCCCCCCCCC/C=C\C/C=C\CCCCCCC)OC(=O)CCCCCCC/C=C\C/C=C\CCCCC. The molecule has 0 radical (unpaired) electrons. The maximum atomic E-state index is 12.8. The van der Waals surface area contributed by atoms with E-state index >= 15 is 0 Å². The molecule has 0 saturated carbocycles. The molecule has 0 fully saturated rings. The van der Waals surface area contributed by atoms with E-state index in [1.807, 2.05) is 12.2 Å². The summed E-state index contributed by atoms with van der Waals surface area (Å²) in [5.74, 6) is -1.01. The third-order valence-corrected chi connectivity index (χ3v) is 11.6. The lowest BCUT2D eigenvalue weighted by molar-refractivity contribution is -0.166. The quantitative estimate of drug-likeness (QED) is 0.0262. The predicted molar refractivity (Wildman–Crippen MR) is 288 cm³/mol. The number of esters is 3. The Morgan fingerprint density at radius 2 is 0.612 bits per heavy atom. The van der Waals surface area contributed by atoms with E-state index in [4.69, 9.17) is 14.2 Å². The van der Waals surface area contributed by atoms with E-state index in [0.717, 1.165) is 96.3 Å². The number of ether oxygens (including phenoxy) is 3. The van der Waals surface area contributed by atoms with Gasteiger partial charge in [0.25, 0.3) is 0 Å². The molecule has 0 bridgehead atoms. The van der Waals surface area contributed by atoms with Gasteiger partial charge in [-0.2, -0.15) is 0 Å². The first-order chi connectivity index (χ1) is 33.0.